The molecule has 1 aliphatic rings. The van der Waals surface area contributed by atoms with E-state index in [1.165, 1.54) is 0 Å². The van der Waals surface area contributed by atoms with Gasteiger partial charge in [-0.25, -0.2) is 14.8 Å². The molecule has 0 unspecified atom stereocenters. The number of nitrogens with zero attached hydrogens (tertiary/aromatic N) is 4. The highest BCUT2D eigenvalue weighted by atomic mass is 16.6. The molecule has 0 bridgehead atoms. The number of benzene rings is 1. The Morgan fingerprint density at radius 3 is 2.50 bits per heavy atom. The molecule has 5 rings (SSSR count). The molecular formula is C24H27N5O3. The van der Waals surface area contributed by atoms with Crippen LogP contribution in [-0.4, -0.2) is 54.1 Å². The fraction of sp³-hybridized carbons (Fsp3) is 0.375. The van der Waals surface area contributed by atoms with Crippen LogP contribution in [0.25, 0.3) is 27.9 Å². The van der Waals surface area contributed by atoms with Crippen molar-refractivity contribution in [1.29, 1.82) is 0 Å². The van der Waals surface area contributed by atoms with Gasteiger partial charge in [0.25, 0.3) is 0 Å². The SMILES string of the molecule is CC(C)(C)OC(=O)N1CCC(O)(c2ccc(-c3ncn4c3cnc3[nH]ccc34)cc2)CC1. The van der Waals surface area contributed by atoms with E-state index < -0.39 is 11.2 Å². The van der Waals surface area contributed by atoms with Gasteiger partial charge in [0.15, 0.2) is 5.65 Å². The van der Waals surface area contributed by atoms with Gasteiger partial charge in [0.2, 0.25) is 0 Å². The summed E-state index contributed by atoms with van der Waals surface area (Å²) >= 11 is 0. The molecule has 166 valence electrons. The average Bonchev–Trinajstić information content (AvgIpc) is 3.39. The van der Waals surface area contributed by atoms with E-state index in [1.54, 1.807) is 11.2 Å². The third-order valence-electron chi connectivity index (χ3n) is 6.02. The minimum absolute atomic E-state index is 0.327. The molecule has 0 atom stereocenters. The van der Waals surface area contributed by atoms with Crippen LogP contribution in [-0.2, 0) is 10.3 Å². The van der Waals surface area contributed by atoms with E-state index in [-0.39, 0.29) is 6.09 Å². The maximum Gasteiger partial charge on any atom is 0.410 e. The van der Waals surface area contributed by atoms with E-state index >= 15 is 0 Å². The van der Waals surface area contributed by atoms with Gasteiger partial charge in [-0.2, -0.15) is 0 Å². The summed E-state index contributed by atoms with van der Waals surface area (Å²) in [5, 5.41) is 11.3. The van der Waals surface area contributed by atoms with Crippen molar-refractivity contribution in [1.82, 2.24) is 24.3 Å². The number of nitrogens with one attached hydrogen (secondary N) is 1. The molecule has 8 nitrogen and oxygen atoms in total. The van der Waals surface area contributed by atoms with Crippen LogP contribution in [0.5, 0.6) is 0 Å². The molecule has 0 radical (unpaired) electrons. The highest BCUT2D eigenvalue weighted by Gasteiger charge is 2.36. The number of amides is 1. The first kappa shape index (κ1) is 20.5. The molecule has 0 aliphatic carbocycles. The number of aliphatic hydroxyl groups is 1. The number of hydrogen-bond acceptors (Lipinski definition) is 5. The molecule has 8 heteroatoms. The van der Waals surface area contributed by atoms with E-state index in [0.717, 1.165) is 33.5 Å². The van der Waals surface area contributed by atoms with Crippen molar-refractivity contribution in [2.45, 2.75) is 44.8 Å². The van der Waals surface area contributed by atoms with Crippen molar-refractivity contribution in [3.05, 3.63) is 54.6 Å². The maximum atomic E-state index is 12.3. The van der Waals surface area contributed by atoms with E-state index in [9.17, 15) is 9.90 Å². The number of H-pyrrole nitrogens is 1. The molecule has 0 spiro atoms. The van der Waals surface area contributed by atoms with E-state index in [2.05, 4.69) is 15.0 Å². The van der Waals surface area contributed by atoms with Crippen molar-refractivity contribution in [2.75, 3.05) is 13.1 Å². The lowest BCUT2D eigenvalue weighted by molar-refractivity contribution is -0.0356. The Morgan fingerprint density at radius 2 is 1.81 bits per heavy atom. The molecule has 2 N–H and O–H groups in total. The Balaban J connectivity index is 1.34. The Hall–Kier alpha value is -3.39. The molecule has 3 aromatic heterocycles. The Kier molecular flexibility index (Phi) is 4.70. The van der Waals surface area contributed by atoms with Gasteiger partial charge in [-0.05, 0) is 45.2 Å². The summed E-state index contributed by atoms with van der Waals surface area (Å²) in [6.07, 6.45) is 6.08. The highest BCUT2D eigenvalue weighted by molar-refractivity contribution is 5.83. The normalized spacial score (nSPS) is 16.6. The van der Waals surface area contributed by atoms with Gasteiger partial charge in [0, 0.05) is 24.8 Å². The average molecular weight is 434 g/mol. The lowest BCUT2D eigenvalue weighted by Gasteiger charge is -2.39. The van der Waals surface area contributed by atoms with Crippen LogP contribution >= 0.6 is 0 Å². The predicted molar refractivity (Wildman–Crippen MR) is 121 cm³/mol. The lowest BCUT2D eigenvalue weighted by Crippen LogP contribution is -2.46. The van der Waals surface area contributed by atoms with Crippen molar-refractivity contribution in [2.24, 2.45) is 0 Å². The van der Waals surface area contributed by atoms with E-state index in [4.69, 9.17) is 4.74 Å². The Bertz CT molecular complexity index is 1270. The van der Waals surface area contributed by atoms with Crippen molar-refractivity contribution in [3.63, 3.8) is 0 Å². The summed E-state index contributed by atoms with van der Waals surface area (Å²) in [6.45, 7) is 6.47. The number of rotatable bonds is 2. The summed E-state index contributed by atoms with van der Waals surface area (Å²) in [5.41, 5.74) is 3.88. The largest absolute Gasteiger partial charge is 0.444 e. The van der Waals surface area contributed by atoms with E-state index in [0.29, 0.717) is 25.9 Å². The standard InChI is InChI=1S/C24H27N5O3/c1-23(2,3)32-22(30)28-12-9-24(31,10-13-28)17-6-4-16(5-7-17)20-19-14-26-21-18(8-11-25-21)29(19)15-27-20/h4-8,11,14-15,25,31H,9-10,12-13H2,1-3H3. The fourth-order valence-electron chi connectivity index (χ4n) is 4.28. The minimum Gasteiger partial charge on any atom is -0.444 e. The number of imidazole rings is 1. The third kappa shape index (κ3) is 3.60. The summed E-state index contributed by atoms with van der Waals surface area (Å²) < 4.78 is 7.47. The van der Waals surface area contributed by atoms with Gasteiger partial charge in [0.05, 0.1) is 28.5 Å². The smallest absolute Gasteiger partial charge is 0.410 e. The Morgan fingerprint density at radius 1 is 1.09 bits per heavy atom. The number of carbonyl (C=O) groups is 1. The number of likely N-dealkylation sites (tertiary alicyclic amines) is 1. The predicted octanol–water partition coefficient (Wildman–Crippen LogP) is 4.10. The topological polar surface area (TPSA) is 95.8 Å². The zero-order valence-corrected chi connectivity index (χ0v) is 18.5. The molecule has 4 heterocycles. The molecule has 32 heavy (non-hydrogen) atoms. The summed E-state index contributed by atoms with van der Waals surface area (Å²) in [7, 11) is 0. The van der Waals surface area contributed by atoms with Crippen molar-refractivity contribution < 1.29 is 14.6 Å². The highest BCUT2D eigenvalue weighted by Crippen LogP contribution is 2.35. The lowest BCUT2D eigenvalue weighted by atomic mass is 9.84. The first-order chi connectivity index (χ1) is 15.2. The number of piperidine rings is 1. The van der Waals surface area contributed by atoms with Gasteiger partial charge in [-0.3, -0.25) is 4.40 Å². The first-order valence-electron chi connectivity index (χ1n) is 10.8. The number of aromatic nitrogens is 4. The fourth-order valence-corrected chi connectivity index (χ4v) is 4.28. The quantitative estimate of drug-likeness (QED) is 0.496. The van der Waals surface area contributed by atoms with Gasteiger partial charge in [-0.1, -0.05) is 24.3 Å². The molecule has 1 saturated heterocycles. The minimum atomic E-state index is -0.966. The number of hydrogen-bond donors (Lipinski definition) is 2. The zero-order valence-electron chi connectivity index (χ0n) is 18.5. The molecule has 1 aromatic carbocycles. The van der Waals surface area contributed by atoms with Crippen LogP contribution in [0.3, 0.4) is 0 Å². The van der Waals surface area contributed by atoms with Gasteiger partial charge in [-0.15, -0.1) is 0 Å². The monoisotopic (exact) mass is 433 g/mol. The maximum absolute atomic E-state index is 12.3. The van der Waals surface area contributed by atoms with Gasteiger partial charge < -0.3 is 19.7 Å². The second-order valence-corrected chi connectivity index (χ2v) is 9.39. The Labute approximate surface area is 185 Å². The first-order valence-corrected chi connectivity index (χ1v) is 10.8. The van der Waals surface area contributed by atoms with Crippen LogP contribution < -0.4 is 0 Å². The van der Waals surface area contributed by atoms with Gasteiger partial charge in [0.1, 0.15) is 11.9 Å². The summed E-state index contributed by atoms with van der Waals surface area (Å²) in [6, 6.07) is 9.84. The van der Waals surface area contributed by atoms with Crippen molar-refractivity contribution in [3.8, 4) is 11.3 Å². The van der Waals surface area contributed by atoms with E-state index in [1.807, 2.05) is 67.9 Å². The second-order valence-electron chi connectivity index (χ2n) is 9.39. The number of carbonyl (C=O) groups excluding carboxylic acids is 1. The molecule has 1 fully saturated rings. The van der Waals surface area contributed by atoms with Crippen LogP contribution in [0.2, 0.25) is 0 Å². The summed E-state index contributed by atoms with van der Waals surface area (Å²) in [4.78, 5) is 26.2. The number of ether oxygens (including phenoxy) is 1. The molecule has 0 saturated carbocycles. The number of aromatic amines is 1. The summed E-state index contributed by atoms with van der Waals surface area (Å²) in [5.74, 6) is 0. The van der Waals surface area contributed by atoms with Crippen LogP contribution in [0.1, 0.15) is 39.2 Å². The molecular weight excluding hydrogens is 406 g/mol. The van der Waals surface area contributed by atoms with Crippen LogP contribution in [0, 0.1) is 0 Å². The van der Waals surface area contributed by atoms with Crippen molar-refractivity contribution >= 4 is 22.8 Å². The third-order valence-corrected chi connectivity index (χ3v) is 6.02. The second kappa shape index (κ2) is 7.34. The van der Waals surface area contributed by atoms with Crippen LogP contribution in [0.4, 0.5) is 4.79 Å². The molecule has 1 aliphatic heterocycles. The van der Waals surface area contributed by atoms with Crippen LogP contribution in [0.15, 0.2) is 49.1 Å². The zero-order chi connectivity index (χ0) is 22.5. The van der Waals surface area contributed by atoms with Gasteiger partial charge >= 0.3 is 6.09 Å². The molecule has 1 amide bonds. The molecule has 4 aromatic rings. The number of fused-ring (bicyclic) bond motifs is 3.